The van der Waals surface area contributed by atoms with Crippen LogP contribution in [0.3, 0.4) is 0 Å². The highest BCUT2D eigenvalue weighted by Crippen LogP contribution is 2.34. The molecule has 1 aromatic rings. The molecule has 0 aliphatic carbocycles. The van der Waals surface area contributed by atoms with Crippen molar-refractivity contribution in [2.24, 2.45) is 5.73 Å². The fraction of sp³-hybridized carbons (Fsp3) is 0.467. The second-order valence-corrected chi connectivity index (χ2v) is 7.47. The first-order valence-corrected chi connectivity index (χ1v) is 8.24. The number of benzene rings is 1. The Labute approximate surface area is 125 Å². The van der Waals surface area contributed by atoms with E-state index in [0.29, 0.717) is 12.1 Å². The highest BCUT2D eigenvalue weighted by molar-refractivity contribution is 7.89. The van der Waals surface area contributed by atoms with Gasteiger partial charge in [-0.05, 0) is 44.9 Å². The molecule has 1 aromatic carbocycles. The van der Waals surface area contributed by atoms with Gasteiger partial charge in [-0.15, -0.1) is 0 Å². The van der Waals surface area contributed by atoms with Crippen molar-refractivity contribution in [3.8, 4) is 11.8 Å². The molecule has 4 nitrogen and oxygen atoms in total. The van der Waals surface area contributed by atoms with Crippen LogP contribution >= 0.6 is 0 Å². The van der Waals surface area contributed by atoms with E-state index >= 15 is 0 Å². The van der Waals surface area contributed by atoms with Crippen molar-refractivity contribution in [1.29, 1.82) is 0 Å². The third-order valence-corrected chi connectivity index (χ3v) is 5.80. The third kappa shape index (κ3) is 3.10. The van der Waals surface area contributed by atoms with Crippen LogP contribution in [-0.2, 0) is 10.0 Å². The fourth-order valence-electron chi connectivity index (χ4n) is 2.59. The molecular weight excluding hydrogens is 291 g/mol. The molecule has 0 amide bonds. The minimum absolute atomic E-state index is 0.170. The molecule has 0 saturated carbocycles. The van der Waals surface area contributed by atoms with Gasteiger partial charge in [0.25, 0.3) is 0 Å². The average molecular weight is 310 g/mol. The number of rotatable bonds is 2. The van der Waals surface area contributed by atoms with Gasteiger partial charge in [-0.2, -0.15) is 4.31 Å². The zero-order valence-corrected chi connectivity index (χ0v) is 13.0. The fourth-order valence-corrected chi connectivity index (χ4v) is 4.48. The first kappa shape index (κ1) is 16.0. The summed E-state index contributed by atoms with van der Waals surface area (Å²) in [6.07, 6.45) is 1.56. The molecule has 6 heteroatoms. The lowest BCUT2D eigenvalue weighted by Crippen LogP contribution is -2.42. The van der Waals surface area contributed by atoms with Crippen molar-refractivity contribution in [3.63, 3.8) is 0 Å². The highest BCUT2D eigenvalue weighted by Gasteiger charge is 2.41. The smallest absolute Gasteiger partial charge is 0.246 e. The lowest BCUT2D eigenvalue weighted by Gasteiger charge is -2.30. The second kappa shape index (κ2) is 5.76. The van der Waals surface area contributed by atoms with Gasteiger partial charge in [-0.3, -0.25) is 0 Å². The first-order chi connectivity index (χ1) is 9.79. The van der Waals surface area contributed by atoms with E-state index in [2.05, 4.69) is 11.8 Å². The van der Waals surface area contributed by atoms with Crippen LogP contribution in [0.2, 0.25) is 0 Å². The van der Waals surface area contributed by atoms with Gasteiger partial charge in [0.2, 0.25) is 10.0 Å². The van der Waals surface area contributed by atoms with E-state index < -0.39 is 21.4 Å². The molecule has 1 saturated heterocycles. The number of sulfonamides is 1. The molecule has 1 aliphatic heterocycles. The molecule has 0 atom stereocenters. The van der Waals surface area contributed by atoms with Crippen LogP contribution < -0.4 is 5.73 Å². The quantitative estimate of drug-likeness (QED) is 0.846. The number of halogens is 1. The van der Waals surface area contributed by atoms with E-state index in [9.17, 15) is 12.8 Å². The van der Waals surface area contributed by atoms with Gasteiger partial charge in [-0.1, -0.05) is 11.8 Å². The van der Waals surface area contributed by atoms with Crippen LogP contribution in [0.4, 0.5) is 4.39 Å². The minimum Gasteiger partial charge on any atom is -0.320 e. The summed E-state index contributed by atoms with van der Waals surface area (Å²) >= 11 is 0. The molecule has 21 heavy (non-hydrogen) atoms. The van der Waals surface area contributed by atoms with Crippen LogP contribution in [0.15, 0.2) is 23.1 Å². The standard InChI is InChI=1S/C15H19FN2O2S/c1-15(2)8-4-10-18(15)21(19,20)14-7-6-12(5-3-9-17)11-13(14)16/h6-7,11H,4,8-10,17H2,1-2H3. The van der Waals surface area contributed by atoms with Crippen molar-refractivity contribution < 1.29 is 12.8 Å². The predicted molar refractivity (Wildman–Crippen MR) is 79.5 cm³/mol. The Hall–Kier alpha value is -1.42. The maximum Gasteiger partial charge on any atom is 0.246 e. The maximum absolute atomic E-state index is 14.2. The Kier molecular flexibility index (Phi) is 4.38. The molecular formula is C15H19FN2O2S. The predicted octanol–water partition coefficient (Wildman–Crippen LogP) is 1.70. The van der Waals surface area contributed by atoms with E-state index in [0.717, 1.165) is 18.9 Å². The van der Waals surface area contributed by atoms with Crippen LogP contribution in [0.1, 0.15) is 32.3 Å². The summed E-state index contributed by atoms with van der Waals surface area (Å²) < 4.78 is 40.8. The number of hydrogen-bond donors (Lipinski definition) is 1. The van der Waals surface area contributed by atoms with Crippen LogP contribution in [0.25, 0.3) is 0 Å². The third-order valence-electron chi connectivity index (χ3n) is 3.66. The highest BCUT2D eigenvalue weighted by atomic mass is 32.2. The number of hydrogen-bond acceptors (Lipinski definition) is 3. The molecule has 1 fully saturated rings. The summed E-state index contributed by atoms with van der Waals surface area (Å²) in [6.45, 7) is 4.31. The Morgan fingerprint density at radius 3 is 2.67 bits per heavy atom. The molecule has 114 valence electrons. The SMILES string of the molecule is CC1(C)CCCN1S(=O)(=O)c1ccc(C#CCN)cc1F. The largest absolute Gasteiger partial charge is 0.320 e. The van der Waals surface area contributed by atoms with Crippen molar-refractivity contribution >= 4 is 10.0 Å². The van der Waals surface area contributed by atoms with Crippen LogP contribution in [0.5, 0.6) is 0 Å². The van der Waals surface area contributed by atoms with Gasteiger partial charge in [0.15, 0.2) is 0 Å². The second-order valence-electron chi connectivity index (χ2n) is 5.64. The summed E-state index contributed by atoms with van der Waals surface area (Å²) in [4.78, 5) is -0.296. The molecule has 0 spiro atoms. The number of nitrogens with zero attached hydrogens (tertiary/aromatic N) is 1. The van der Waals surface area contributed by atoms with Gasteiger partial charge >= 0.3 is 0 Å². The van der Waals surface area contributed by atoms with Gasteiger partial charge in [0.05, 0.1) is 6.54 Å². The van der Waals surface area contributed by atoms with Gasteiger partial charge in [0, 0.05) is 17.6 Å². The lowest BCUT2D eigenvalue weighted by molar-refractivity contribution is 0.290. The Bertz CT molecular complexity index is 702. The zero-order chi connectivity index (χ0) is 15.7. The Morgan fingerprint density at radius 1 is 1.43 bits per heavy atom. The van der Waals surface area contributed by atoms with E-state index in [1.165, 1.54) is 16.4 Å². The van der Waals surface area contributed by atoms with Crippen LogP contribution in [0, 0.1) is 17.7 Å². The molecule has 0 aromatic heterocycles. The number of nitrogens with two attached hydrogens (primary N) is 1. The normalized spacial score (nSPS) is 18.3. The maximum atomic E-state index is 14.2. The Morgan fingerprint density at radius 2 is 2.14 bits per heavy atom. The molecule has 1 aliphatic rings. The molecule has 0 bridgehead atoms. The summed E-state index contributed by atoms with van der Waals surface area (Å²) in [5.74, 6) is 4.52. The molecule has 1 heterocycles. The van der Waals surface area contributed by atoms with E-state index in [1.807, 2.05) is 13.8 Å². The van der Waals surface area contributed by atoms with Gasteiger partial charge < -0.3 is 5.73 Å². The van der Waals surface area contributed by atoms with Crippen molar-refractivity contribution in [2.75, 3.05) is 13.1 Å². The molecule has 0 unspecified atom stereocenters. The van der Waals surface area contributed by atoms with Gasteiger partial charge in [-0.25, -0.2) is 12.8 Å². The van der Waals surface area contributed by atoms with E-state index in [-0.39, 0.29) is 11.4 Å². The van der Waals surface area contributed by atoms with E-state index in [1.54, 1.807) is 0 Å². The van der Waals surface area contributed by atoms with E-state index in [4.69, 9.17) is 5.73 Å². The van der Waals surface area contributed by atoms with Gasteiger partial charge in [0.1, 0.15) is 10.7 Å². The average Bonchev–Trinajstić information content (AvgIpc) is 2.76. The Balaban J connectivity index is 2.42. The summed E-state index contributed by atoms with van der Waals surface area (Å²) in [5.41, 5.74) is 5.19. The monoisotopic (exact) mass is 310 g/mol. The molecule has 2 rings (SSSR count). The molecule has 0 radical (unpaired) electrons. The topological polar surface area (TPSA) is 63.4 Å². The lowest BCUT2D eigenvalue weighted by atomic mass is 10.0. The summed E-state index contributed by atoms with van der Waals surface area (Å²) in [5, 5.41) is 0. The zero-order valence-electron chi connectivity index (χ0n) is 12.2. The van der Waals surface area contributed by atoms with Crippen LogP contribution in [-0.4, -0.2) is 31.4 Å². The summed E-state index contributed by atoms with van der Waals surface area (Å²) in [7, 11) is -3.83. The van der Waals surface area contributed by atoms with Crippen molar-refractivity contribution in [3.05, 3.63) is 29.6 Å². The van der Waals surface area contributed by atoms with Crippen molar-refractivity contribution in [2.45, 2.75) is 37.1 Å². The minimum atomic E-state index is -3.83. The summed E-state index contributed by atoms with van der Waals surface area (Å²) in [6, 6.07) is 3.92. The first-order valence-electron chi connectivity index (χ1n) is 6.80. The van der Waals surface area contributed by atoms with Crippen molar-refractivity contribution in [1.82, 2.24) is 4.31 Å². The molecule has 2 N–H and O–H groups in total.